The van der Waals surface area contributed by atoms with Crippen molar-refractivity contribution in [2.75, 3.05) is 46.6 Å². The van der Waals surface area contributed by atoms with E-state index in [1.807, 2.05) is 0 Å². The number of piperidine rings is 1. The molecule has 0 saturated carbocycles. The number of ether oxygens (including phenoxy) is 4. The fraction of sp³-hybridized carbons (Fsp3) is 0.804. The number of rotatable bonds is 34. The average Bonchev–Trinajstić information content (AvgIpc) is 3.16. The number of unbranched alkanes of at least 4 members (excludes halogenated alkanes) is 15. The summed E-state index contributed by atoms with van der Waals surface area (Å²) in [6, 6.07) is 0. The first-order chi connectivity index (χ1) is 26.4. The van der Waals surface area contributed by atoms with Gasteiger partial charge < -0.3 is 23.8 Å². The zero-order chi connectivity index (χ0) is 39.3. The monoisotopic (exact) mass is 760 g/mol. The summed E-state index contributed by atoms with van der Waals surface area (Å²) in [6.07, 6.45) is 37.1. The van der Waals surface area contributed by atoms with Crippen LogP contribution in [0.4, 0.5) is 4.79 Å². The molecule has 0 bridgehead atoms. The summed E-state index contributed by atoms with van der Waals surface area (Å²) >= 11 is 0. The summed E-state index contributed by atoms with van der Waals surface area (Å²) in [7, 11) is 2.08. The molecule has 1 aliphatic rings. The molecule has 1 rings (SSSR count). The van der Waals surface area contributed by atoms with E-state index in [-0.39, 0.29) is 37.7 Å². The lowest BCUT2D eigenvalue weighted by Crippen LogP contribution is -2.35. The zero-order valence-electron chi connectivity index (χ0n) is 35.3. The van der Waals surface area contributed by atoms with E-state index < -0.39 is 12.1 Å². The van der Waals surface area contributed by atoms with Gasteiger partial charge in [-0.15, -0.1) is 0 Å². The van der Waals surface area contributed by atoms with Gasteiger partial charge in [0.15, 0.2) is 0 Å². The van der Waals surface area contributed by atoms with Crippen LogP contribution in [-0.4, -0.2) is 69.6 Å². The second-order valence-corrected chi connectivity index (χ2v) is 15.6. The number of esters is 2. The molecule has 8 nitrogen and oxygen atoms in total. The Labute approximate surface area is 331 Å². The molecule has 1 saturated heterocycles. The van der Waals surface area contributed by atoms with Crippen LogP contribution in [0.3, 0.4) is 0 Å². The van der Waals surface area contributed by atoms with E-state index in [2.05, 4.69) is 57.0 Å². The maximum atomic E-state index is 13.0. The topological polar surface area (TPSA) is 91.4 Å². The third-order valence-electron chi connectivity index (χ3n) is 10.1. The van der Waals surface area contributed by atoms with Crippen molar-refractivity contribution in [3.05, 3.63) is 36.0 Å². The summed E-state index contributed by atoms with van der Waals surface area (Å²) in [6.45, 7) is 8.86. The lowest BCUT2D eigenvalue weighted by Gasteiger charge is -2.29. The Balaban J connectivity index is 2.53. The van der Waals surface area contributed by atoms with E-state index in [0.717, 1.165) is 109 Å². The van der Waals surface area contributed by atoms with Crippen LogP contribution in [0.5, 0.6) is 0 Å². The van der Waals surface area contributed by atoms with Crippen LogP contribution < -0.4 is 0 Å². The van der Waals surface area contributed by atoms with Gasteiger partial charge in [-0.05, 0) is 90.6 Å². The highest BCUT2D eigenvalue weighted by atomic mass is 16.7. The molecule has 0 N–H and O–H groups in total. The van der Waals surface area contributed by atoms with Crippen LogP contribution in [0.15, 0.2) is 36.0 Å². The standard InChI is InChI=1S/C46H81NO7/c1-5-8-11-14-15-16-17-18-19-20-21-22-23-25-28-33-44(48)51-38-43(40-54-46(50)53-37-42-32-29-34-47(4)36-42)39-52-45(49)35-41(30-26-13-10-7-3)31-27-24-12-9-6-2/h15-16,18-19,35,42-43H,5-14,17,20-34,36-40H2,1-4H3/b16-15-,19-18-,41-35+. The molecule has 1 aliphatic heterocycles. The molecule has 0 aromatic heterocycles. The van der Waals surface area contributed by atoms with E-state index in [0.29, 0.717) is 13.0 Å². The molecule has 312 valence electrons. The second-order valence-electron chi connectivity index (χ2n) is 15.6. The highest BCUT2D eigenvalue weighted by Gasteiger charge is 2.21. The van der Waals surface area contributed by atoms with Gasteiger partial charge in [0.1, 0.15) is 19.8 Å². The number of likely N-dealkylation sites (tertiary alicyclic amines) is 1. The number of nitrogens with zero attached hydrogens (tertiary/aromatic N) is 1. The molecule has 1 heterocycles. The van der Waals surface area contributed by atoms with Crippen molar-refractivity contribution in [1.82, 2.24) is 4.90 Å². The second kappa shape index (κ2) is 36.1. The maximum absolute atomic E-state index is 13.0. The van der Waals surface area contributed by atoms with Gasteiger partial charge in [-0.25, -0.2) is 9.59 Å². The van der Waals surface area contributed by atoms with Crippen LogP contribution in [0.25, 0.3) is 0 Å². The Morgan fingerprint density at radius 2 is 1.17 bits per heavy atom. The summed E-state index contributed by atoms with van der Waals surface area (Å²) in [4.78, 5) is 40.3. The average molecular weight is 760 g/mol. The fourth-order valence-corrected chi connectivity index (χ4v) is 6.74. The van der Waals surface area contributed by atoms with Crippen molar-refractivity contribution >= 4 is 18.1 Å². The molecule has 0 radical (unpaired) electrons. The lowest BCUT2D eigenvalue weighted by atomic mass is 10.00. The summed E-state index contributed by atoms with van der Waals surface area (Å²) in [5, 5.41) is 0. The highest BCUT2D eigenvalue weighted by Crippen LogP contribution is 2.19. The highest BCUT2D eigenvalue weighted by molar-refractivity contribution is 5.82. The summed E-state index contributed by atoms with van der Waals surface area (Å²) < 4.78 is 22.1. The minimum absolute atomic E-state index is 0.00732. The number of hydrogen-bond acceptors (Lipinski definition) is 8. The molecule has 1 fully saturated rings. The third kappa shape index (κ3) is 30.7. The quantitative estimate of drug-likeness (QED) is 0.0211. The van der Waals surface area contributed by atoms with Crippen molar-refractivity contribution in [2.24, 2.45) is 11.8 Å². The van der Waals surface area contributed by atoms with Gasteiger partial charge >= 0.3 is 18.1 Å². The maximum Gasteiger partial charge on any atom is 0.508 e. The Morgan fingerprint density at radius 1 is 0.630 bits per heavy atom. The van der Waals surface area contributed by atoms with Gasteiger partial charge in [-0.1, -0.05) is 128 Å². The molecular weight excluding hydrogens is 679 g/mol. The van der Waals surface area contributed by atoms with Gasteiger partial charge in [-0.2, -0.15) is 0 Å². The minimum atomic E-state index is -0.742. The van der Waals surface area contributed by atoms with E-state index in [4.69, 9.17) is 18.9 Å². The van der Waals surface area contributed by atoms with Gasteiger partial charge in [0, 0.05) is 25.0 Å². The van der Waals surface area contributed by atoms with Crippen LogP contribution in [0.2, 0.25) is 0 Å². The number of hydrogen-bond donors (Lipinski definition) is 0. The fourth-order valence-electron chi connectivity index (χ4n) is 6.74. The van der Waals surface area contributed by atoms with E-state index >= 15 is 0 Å². The van der Waals surface area contributed by atoms with Crippen LogP contribution >= 0.6 is 0 Å². The predicted molar refractivity (Wildman–Crippen MR) is 223 cm³/mol. The Bertz CT molecular complexity index is 1020. The number of carbonyl (C=O) groups is 3. The first kappa shape index (κ1) is 49.4. The van der Waals surface area contributed by atoms with Gasteiger partial charge in [0.2, 0.25) is 0 Å². The normalized spacial score (nSPS) is 15.9. The molecule has 0 amide bonds. The summed E-state index contributed by atoms with van der Waals surface area (Å²) in [5.41, 5.74) is 1.14. The first-order valence-electron chi connectivity index (χ1n) is 22.2. The molecule has 0 aliphatic carbocycles. The van der Waals surface area contributed by atoms with Gasteiger partial charge in [0.05, 0.1) is 12.5 Å². The predicted octanol–water partition coefficient (Wildman–Crippen LogP) is 12.3. The molecule has 2 unspecified atom stereocenters. The van der Waals surface area contributed by atoms with Gasteiger partial charge in [-0.3, -0.25) is 4.79 Å². The van der Waals surface area contributed by atoms with Gasteiger partial charge in [0.25, 0.3) is 0 Å². The van der Waals surface area contributed by atoms with Crippen LogP contribution in [-0.2, 0) is 28.5 Å². The van der Waals surface area contributed by atoms with Crippen molar-refractivity contribution in [3.8, 4) is 0 Å². The minimum Gasteiger partial charge on any atom is -0.465 e. The SMILES string of the molecule is CCCCC/C=C\C/C=C\CCCCCCCC(=O)OCC(COC(=O)/C=C(\CCCCCC)CCCCCCC)COC(=O)OCC1CCCN(C)C1. The van der Waals surface area contributed by atoms with Crippen molar-refractivity contribution in [2.45, 2.75) is 181 Å². The van der Waals surface area contributed by atoms with Crippen LogP contribution in [0.1, 0.15) is 181 Å². The third-order valence-corrected chi connectivity index (χ3v) is 10.1. The Hall–Kier alpha value is -2.61. The van der Waals surface area contributed by atoms with Crippen molar-refractivity contribution in [3.63, 3.8) is 0 Å². The van der Waals surface area contributed by atoms with Crippen LogP contribution in [0, 0.1) is 11.8 Å². The zero-order valence-corrected chi connectivity index (χ0v) is 35.3. The van der Waals surface area contributed by atoms with E-state index in [9.17, 15) is 14.4 Å². The number of allylic oxidation sites excluding steroid dienone is 5. The molecule has 54 heavy (non-hydrogen) atoms. The number of carbonyl (C=O) groups excluding carboxylic acids is 3. The van der Waals surface area contributed by atoms with E-state index in [1.54, 1.807) is 6.08 Å². The smallest absolute Gasteiger partial charge is 0.465 e. The molecule has 0 aromatic rings. The Morgan fingerprint density at radius 3 is 1.83 bits per heavy atom. The summed E-state index contributed by atoms with van der Waals surface area (Å²) in [5.74, 6) is -0.859. The molecule has 8 heteroatoms. The molecular formula is C46H81NO7. The van der Waals surface area contributed by atoms with Crippen molar-refractivity contribution < 1.29 is 33.3 Å². The molecule has 2 atom stereocenters. The van der Waals surface area contributed by atoms with Crippen molar-refractivity contribution in [1.29, 1.82) is 0 Å². The Kier molecular flexibility index (Phi) is 33.0. The largest absolute Gasteiger partial charge is 0.508 e. The first-order valence-corrected chi connectivity index (χ1v) is 22.2. The molecule has 0 aromatic carbocycles. The van der Waals surface area contributed by atoms with E-state index in [1.165, 1.54) is 64.2 Å². The lowest BCUT2D eigenvalue weighted by molar-refractivity contribution is -0.148. The molecule has 0 spiro atoms.